The molecule has 1 fully saturated rings. The van der Waals surface area contributed by atoms with Crippen molar-refractivity contribution in [2.75, 3.05) is 0 Å². The third-order valence-electron chi connectivity index (χ3n) is 3.20. The zero-order chi connectivity index (χ0) is 12.5. The van der Waals surface area contributed by atoms with Gasteiger partial charge in [0.15, 0.2) is 0 Å². The molecule has 1 aromatic rings. The van der Waals surface area contributed by atoms with Gasteiger partial charge in [-0.15, -0.1) is 0 Å². The van der Waals surface area contributed by atoms with Crippen molar-refractivity contribution in [3.63, 3.8) is 0 Å². The van der Waals surface area contributed by atoms with Crippen LogP contribution in [0, 0.1) is 0 Å². The molecule has 0 radical (unpaired) electrons. The highest BCUT2D eigenvalue weighted by molar-refractivity contribution is 5.86. The van der Waals surface area contributed by atoms with E-state index in [2.05, 4.69) is 0 Å². The maximum Gasteiger partial charge on any atom is 0.416 e. The average Bonchev–Trinajstić information content (AvgIpc) is 2.28. The molecule has 17 heavy (non-hydrogen) atoms. The Bertz CT molecular complexity index is 423. The van der Waals surface area contributed by atoms with Crippen molar-refractivity contribution < 1.29 is 18.0 Å². The highest BCUT2D eigenvalue weighted by Crippen LogP contribution is 2.38. The summed E-state index contributed by atoms with van der Waals surface area (Å²) < 4.78 is 38.5. The fourth-order valence-corrected chi connectivity index (χ4v) is 2.37. The van der Waals surface area contributed by atoms with E-state index in [9.17, 15) is 18.0 Å². The van der Waals surface area contributed by atoms with E-state index in [0.717, 1.165) is 18.9 Å². The fraction of sp³-hybridized carbons (Fsp3) is 0.462. The van der Waals surface area contributed by atoms with Gasteiger partial charge < -0.3 is 0 Å². The topological polar surface area (TPSA) is 17.1 Å². The minimum Gasteiger partial charge on any atom is -0.299 e. The average molecular weight is 242 g/mol. The second kappa shape index (κ2) is 4.51. The van der Waals surface area contributed by atoms with Crippen molar-refractivity contribution in [2.24, 2.45) is 0 Å². The second-order valence-corrected chi connectivity index (χ2v) is 4.35. The van der Waals surface area contributed by atoms with Crippen molar-refractivity contribution >= 4 is 5.78 Å². The van der Waals surface area contributed by atoms with Gasteiger partial charge in [0.05, 0.1) is 5.56 Å². The summed E-state index contributed by atoms with van der Waals surface area (Å²) in [5.74, 6) is -0.630. The Kier molecular flexibility index (Phi) is 3.22. The second-order valence-electron chi connectivity index (χ2n) is 4.35. The molecule has 2 rings (SSSR count). The van der Waals surface area contributed by atoms with E-state index >= 15 is 0 Å². The van der Waals surface area contributed by atoms with Crippen LogP contribution in [0.15, 0.2) is 24.3 Å². The first-order valence-electron chi connectivity index (χ1n) is 5.69. The summed E-state index contributed by atoms with van der Waals surface area (Å²) in [6.07, 6.45) is -1.83. The Morgan fingerprint density at radius 2 is 1.82 bits per heavy atom. The summed E-state index contributed by atoms with van der Waals surface area (Å²) in [5.41, 5.74) is -0.523. The van der Waals surface area contributed by atoms with Gasteiger partial charge in [-0.2, -0.15) is 13.2 Å². The van der Waals surface area contributed by atoms with Crippen LogP contribution < -0.4 is 0 Å². The first-order chi connectivity index (χ1) is 8.00. The van der Waals surface area contributed by atoms with Crippen molar-refractivity contribution in [2.45, 2.75) is 37.8 Å². The monoisotopic (exact) mass is 242 g/mol. The molecule has 0 saturated heterocycles. The zero-order valence-corrected chi connectivity index (χ0v) is 9.26. The van der Waals surface area contributed by atoms with Crippen LogP contribution in [0.4, 0.5) is 13.2 Å². The molecule has 1 aliphatic rings. The lowest BCUT2D eigenvalue weighted by Gasteiger charge is -2.23. The van der Waals surface area contributed by atoms with Gasteiger partial charge >= 0.3 is 6.18 Å². The molecule has 1 atom stereocenters. The minimum atomic E-state index is -4.38. The molecule has 1 nitrogen and oxygen atoms in total. The minimum absolute atomic E-state index is 0.0621. The Morgan fingerprint density at radius 3 is 2.47 bits per heavy atom. The van der Waals surface area contributed by atoms with Crippen molar-refractivity contribution in [3.05, 3.63) is 35.4 Å². The molecule has 0 heterocycles. The third kappa shape index (κ3) is 2.51. The number of hydrogen-bond acceptors (Lipinski definition) is 1. The van der Waals surface area contributed by atoms with Crippen LogP contribution in [0.25, 0.3) is 0 Å². The van der Waals surface area contributed by atoms with Gasteiger partial charge in [0.1, 0.15) is 5.78 Å². The van der Waals surface area contributed by atoms with Crippen LogP contribution in [0.1, 0.15) is 42.7 Å². The number of benzene rings is 1. The fourth-order valence-electron chi connectivity index (χ4n) is 2.37. The van der Waals surface area contributed by atoms with Gasteiger partial charge in [-0.25, -0.2) is 0 Å². The number of ketones is 1. The lowest BCUT2D eigenvalue weighted by atomic mass is 9.81. The third-order valence-corrected chi connectivity index (χ3v) is 3.20. The van der Waals surface area contributed by atoms with Gasteiger partial charge in [0.2, 0.25) is 0 Å². The van der Waals surface area contributed by atoms with Crippen molar-refractivity contribution in [3.8, 4) is 0 Å². The van der Waals surface area contributed by atoms with E-state index in [1.165, 1.54) is 12.1 Å². The molecular weight excluding hydrogens is 229 g/mol. The highest BCUT2D eigenvalue weighted by Gasteiger charge is 2.36. The van der Waals surface area contributed by atoms with Crippen LogP contribution in [0.2, 0.25) is 0 Å². The van der Waals surface area contributed by atoms with Crippen molar-refractivity contribution in [1.82, 2.24) is 0 Å². The molecule has 0 amide bonds. The van der Waals surface area contributed by atoms with E-state index in [1.807, 2.05) is 0 Å². The van der Waals surface area contributed by atoms with Crippen LogP contribution in [0.3, 0.4) is 0 Å². The SMILES string of the molecule is O=C1CCCCC1c1ccccc1C(F)(F)F. The zero-order valence-electron chi connectivity index (χ0n) is 9.26. The summed E-state index contributed by atoms with van der Waals surface area (Å²) in [6, 6.07) is 5.40. The molecule has 0 aliphatic heterocycles. The summed E-state index contributed by atoms with van der Waals surface area (Å²) in [6.45, 7) is 0. The number of alkyl halides is 3. The van der Waals surface area contributed by atoms with Crippen LogP contribution in [0.5, 0.6) is 0 Å². The van der Waals surface area contributed by atoms with Crippen molar-refractivity contribution in [1.29, 1.82) is 0 Å². The van der Waals surface area contributed by atoms with Crippen LogP contribution in [-0.4, -0.2) is 5.78 Å². The van der Waals surface area contributed by atoms with Gasteiger partial charge in [-0.05, 0) is 24.5 Å². The maximum atomic E-state index is 12.8. The first kappa shape index (κ1) is 12.1. The van der Waals surface area contributed by atoms with Gasteiger partial charge in [0, 0.05) is 12.3 Å². The predicted molar refractivity (Wildman–Crippen MR) is 57.7 cm³/mol. The molecule has 0 aromatic heterocycles. The predicted octanol–water partition coefficient (Wildman–Crippen LogP) is 3.93. The number of halogens is 3. The summed E-state index contributed by atoms with van der Waals surface area (Å²) in [7, 11) is 0. The lowest BCUT2D eigenvalue weighted by Crippen LogP contribution is -2.21. The number of Topliss-reactive ketones (excluding diaryl/α,β-unsaturated/α-hetero) is 1. The van der Waals surface area contributed by atoms with E-state index in [0.29, 0.717) is 12.8 Å². The molecule has 0 spiro atoms. The number of carbonyl (C=O) groups excluding carboxylic acids is 1. The maximum absolute atomic E-state index is 12.8. The summed E-state index contributed by atoms with van der Waals surface area (Å²) in [4.78, 5) is 11.7. The van der Waals surface area contributed by atoms with Crippen LogP contribution >= 0.6 is 0 Å². The molecule has 0 N–H and O–H groups in total. The molecule has 1 saturated carbocycles. The normalized spacial score (nSPS) is 21.6. The van der Waals surface area contributed by atoms with Gasteiger partial charge in [-0.1, -0.05) is 24.6 Å². The van der Waals surface area contributed by atoms with Gasteiger partial charge in [0.25, 0.3) is 0 Å². The van der Waals surface area contributed by atoms with E-state index in [-0.39, 0.29) is 11.3 Å². The number of rotatable bonds is 1. The molecule has 1 unspecified atom stereocenters. The summed E-state index contributed by atoms with van der Waals surface area (Å²) >= 11 is 0. The standard InChI is InChI=1S/C13H13F3O/c14-13(15,16)11-7-3-1-5-9(11)10-6-2-4-8-12(10)17/h1,3,5,7,10H,2,4,6,8H2. The largest absolute Gasteiger partial charge is 0.416 e. The lowest BCUT2D eigenvalue weighted by molar-refractivity contribution is -0.138. The molecule has 0 bridgehead atoms. The molecule has 4 heteroatoms. The summed E-state index contributed by atoms with van der Waals surface area (Å²) in [5, 5.41) is 0. The quantitative estimate of drug-likeness (QED) is 0.729. The first-order valence-corrected chi connectivity index (χ1v) is 5.69. The highest BCUT2D eigenvalue weighted by atomic mass is 19.4. The van der Waals surface area contributed by atoms with E-state index < -0.39 is 17.7 Å². The van der Waals surface area contributed by atoms with Crippen LogP contribution in [-0.2, 0) is 11.0 Å². The molecule has 1 aromatic carbocycles. The van der Waals surface area contributed by atoms with E-state index in [4.69, 9.17) is 0 Å². The Morgan fingerprint density at radius 1 is 1.12 bits per heavy atom. The number of carbonyl (C=O) groups is 1. The number of hydrogen-bond donors (Lipinski definition) is 0. The Labute approximate surface area is 97.6 Å². The Balaban J connectivity index is 2.41. The Hall–Kier alpha value is -1.32. The molecule has 92 valence electrons. The molecular formula is C13H13F3O. The smallest absolute Gasteiger partial charge is 0.299 e. The molecule has 1 aliphatic carbocycles. The van der Waals surface area contributed by atoms with Gasteiger partial charge in [-0.3, -0.25) is 4.79 Å². The van der Waals surface area contributed by atoms with E-state index in [1.54, 1.807) is 6.07 Å².